The fourth-order valence-corrected chi connectivity index (χ4v) is 4.54. The summed E-state index contributed by atoms with van der Waals surface area (Å²) in [6.07, 6.45) is 0. The number of thiophene rings is 1. The summed E-state index contributed by atoms with van der Waals surface area (Å²) >= 11 is 1.19. The number of para-hydroxylation sites is 1. The van der Waals surface area contributed by atoms with E-state index in [0.717, 1.165) is 0 Å². The summed E-state index contributed by atoms with van der Waals surface area (Å²) in [6, 6.07) is 7.84. The number of hydrogen-bond acceptors (Lipinski definition) is 6. The van der Waals surface area contributed by atoms with Crippen molar-refractivity contribution in [2.45, 2.75) is 4.90 Å². The molecule has 0 saturated heterocycles. The Bertz CT molecular complexity index is 991. The summed E-state index contributed by atoms with van der Waals surface area (Å²) in [6.45, 7) is 0. The molecule has 0 bridgehead atoms. The first-order valence-corrected chi connectivity index (χ1v) is 8.93. The summed E-state index contributed by atoms with van der Waals surface area (Å²) in [7, 11) is -3.95. The lowest BCUT2D eigenvalue weighted by atomic mass is 9.96. The van der Waals surface area contributed by atoms with Crippen LogP contribution in [-0.4, -0.2) is 25.9 Å². The molecule has 2 aromatic rings. The van der Waals surface area contributed by atoms with Crippen LogP contribution in [0.2, 0.25) is 0 Å². The summed E-state index contributed by atoms with van der Waals surface area (Å²) in [5.74, 6) is -2.53. The molecule has 9 heteroatoms. The monoisotopic (exact) mass is 347 g/mol. The van der Waals surface area contributed by atoms with Crippen molar-refractivity contribution in [1.82, 2.24) is 0 Å². The van der Waals surface area contributed by atoms with Crippen LogP contribution in [0.4, 0.5) is 11.4 Å². The maximum absolute atomic E-state index is 12.5. The van der Waals surface area contributed by atoms with Crippen molar-refractivity contribution in [1.29, 1.82) is 0 Å². The zero-order valence-electron chi connectivity index (χ0n) is 11.4. The molecule has 7 nitrogen and oxygen atoms in total. The number of anilines is 2. The number of sulfonamides is 1. The van der Waals surface area contributed by atoms with Crippen LogP contribution in [0, 0.1) is 5.92 Å². The van der Waals surface area contributed by atoms with Gasteiger partial charge >= 0.3 is 0 Å². The van der Waals surface area contributed by atoms with Crippen molar-refractivity contribution in [2.24, 2.45) is 10.3 Å². The van der Waals surface area contributed by atoms with Gasteiger partial charge in [-0.25, -0.2) is 0 Å². The predicted molar refractivity (Wildman–Crippen MR) is 85.5 cm³/mol. The minimum absolute atomic E-state index is 0.0178. The van der Waals surface area contributed by atoms with Crippen LogP contribution in [0.3, 0.4) is 0 Å². The Morgan fingerprint density at radius 1 is 1.04 bits per heavy atom. The van der Waals surface area contributed by atoms with Crippen LogP contribution in [0.5, 0.6) is 0 Å². The lowest BCUT2D eigenvalue weighted by Gasteiger charge is -2.25. The van der Waals surface area contributed by atoms with Crippen LogP contribution in [0.15, 0.2) is 45.0 Å². The number of amides is 1. The van der Waals surface area contributed by atoms with Crippen LogP contribution in [0.1, 0.15) is 9.67 Å². The number of hydrogen-bond donors (Lipinski definition) is 2. The first kappa shape index (κ1) is 14.1. The summed E-state index contributed by atoms with van der Waals surface area (Å²) < 4.78 is 28.2. The van der Waals surface area contributed by atoms with E-state index in [2.05, 4.69) is 15.0 Å². The number of benzene rings is 1. The van der Waals surface area contributed by atoms with Crippen LogP contribution in [-0.2, 0) is 14.8 Å². The fraction of sp³-hybridized carbons (Fsp3) is 0.0714. The van der Waals surface area contributed by atoms with Crippen LogP contribution >= 0.6 is 11.3 Å². The van der Waals surface area contributed by atoms with Gasteiger partial charge in [0.05, 0.1) is 16.3 Å². The van der Waals surface area contributed by atoms with Gasteiger partial charge in [0, 0.05) is 0 Å². The highest BCUT2D eigenvalue weighted by Crippen LogP contribution is 2.34. The van der Waals surface area contributed by atoms with Gasteiger partial charge in [0.15, 0.2) is 11.7 Å². The van der Waals surface area contributed by atoms with Gasteiger partial charge in [0.1, 0.15) is 10.7 Å². The summed E-state index contributed by atoms with van der Waals surface area (Å²) in [5, 5.41) is 7.09. The van der Waals surface area contributed by atoms with Gasteiger partial charge in [-0.1, -0.05) is 12.1 Å². The number of ketones is 1. The Kier molecular flexibility index (Phi) is 2.90. The third-order valence-electron chi connectivity index (χ3n) is 3.59. The van der Waals surface area contributed by atoms with E-state index in [1.807, 2.05) is 0 Å². The molecule has 1 aromatic heterocycles. The molecule has 2 aliphatic rings. The zero-order valence-corrected chi connectivity index (χ0v) is 13.1. The van der Waals surface area contributed by atoms with Crippen molar-refractivity contribution >= 4 is 50.3 Å². The molecule has 2 N–H and O–H groups in total. The average Bonchev–Trinajstić information content (AvgIpc) is 2.95. The highest BCUT2D eigenvalue weighted by Gasteiger charge is 2.41. The number of rotatable bonds is 1. The van der Waals surface area contributed by atoms with E-state index in [1.165, 1.54) is 17.4 Å². The number of nitrogens with zero attached hydrogens (tertiary/aromatic N) is 1. The number of amidine groups is 1. The van der Waals surface area contributed by atoms with Crippen molar-refractivity contribution in [3.05, 3.63) is 40.6 Å². The van der Waals surface area contributed by atoms with Crippen molar-refractivity contribution in [3.8, 4) is 0 Å². The lowest BCUT2D eigenvalue weighted by molar-refractivity contribution is -0.117. The molecule has 116 valence electrons. The van der Waals surface area contributed by atoms with E-state index in [0.29, 0.717) is 16.3 Å². The number of carbonyl (C=O) groups is 2. The Balaban J connectivity index is 1.82. The Morgan fingerprint density at radius 2 is 1.83 bits per heavy atom. The van der Waals surface area contributed by atoms with Gasteiger partial charge in [-0.2, -0.15) is 8.42 Å². The topological polar surface area (TPSA) is 105 Å². The molecule has 0 saturated carbocycles. The third kappa shape index (κ3) is 2.08. The van der Waals surface area contributed by atoms with Gasteiger partial charge in [-0.3, -0.25) is 9.59 Å². The Morgan fingerprint density at radius 3 is 2.65 bits per heavy atom. The zero-order chi connectivity index (χ0) is 16.2. The minimum atomic E-state index is -3.95. The molecule has 1 atom stereocenters. The molecule has 0 fully saturated rings. The van der Waals surface area contributed by atoms with Crippen LogP contribution in [0.25, 0.3) is 0 Å². The molecular formula is C14H9N3O4S2. The van der Waals surface area contributed by atoms with Gasteiger partial charge < -0.3 is 10.6 Å². The molecule has 23 heavy (non-hydrogen) atoms. The molecule has 0 aliphatic carbocycles. The molecule has 1 amide bonds. The molecule has 1 aromatic carbocycles. The first-order chi connectivity index (χ1) is 11.0. The van der Waals surface area contributed by atoms with E-state index >= 15 is 0 Å². The smallest absolute Gasteiger partial charge is 0.286 e. The third-order valence-corrected chi connectivity index (χ3v) is 5.87. The lowest BCUT2D eigenvalue weighted by Crippen LogP contribution is -2.44. The molecule has 4 rings (SSSR count). The van der Waals surface area contributed by atoms with Crippen molar-refractivity contribution in [2.75, 3.05) is 10.6 Å². The summed E-state index contributed by atoms with van der Waals surface area (Å²) in [4.78, 5) is 25.2. The van der Waals surface area contributed by atoms with Crippen LogP contribution < -0.4 is 10.6 Å². The number of Topliss-reactive ketones (excluding diaryl/α,β-unsaturated/α-hetero) is 1. The van der Waals surface area contributed by atoms with Gasteiger partial charge in [-0.05, 0) is 23.6 Å². The van der Waals surface area contributed by atoms with Crippen molar-refractivity contribution < 1.29 is 18.0 Å². The van der Waals surface area contributed by atoms with Gasteiger partial charge in [0.25, 0.3) is 10.0 Å². The van der Waals surface area contributed by atoms with Crippen molar-refractivity contribution in [3.63, 3.8) is 0 Å². The fourth-order valence-electron chi connectivity index (χ4n) is 2.56. The second kappa shape index (κ2) is 4.74. The number of fused-ring (bicyclic) bond motifs is 2. The highest BCUT2D eigenvalue weighted by atomic mass is 32.2. The second-order valence-electron chi connectivity index (χ2n) is 5.02. The van der Waals surface area contributed by atoms with Gasteiger partial charge in [0.2, 0.25) is 5.91 Å². The van der Waals surface area contributed by atoms with E-state index < -0.39 is 27.6 Å². The molecule has 2 aliphatic heterocycles. The Hall–Kier alpha value is -2.52. The molecule has 3 heterocycles. The van der Waals surface area contributed by atoms with E-state index in [4.69, 9.17) is 0 Å². The van der Waals surface area contributed by atoms with E-state index in [9.17, 15) is 18.0 Å². The summed E-state index contributed by atoms with van der Waals surface area (Å²) in [5.41, 5.74) is 0.746. The number of nitrogens with one attached hydrogen (secondary N) is 2. The SMILES string of the molecule is O=C1Nc2ccsc2C(=O)C1C1=NS(=O)(=O)c2ccccc2N1. The normalized spacial score (nSPS) is 21.6. The standard InChI is InChI=1S/C14H9N3O4S2/c18-11-10(14(19)16-8-5-6-22-12(8)11)13-15-7-3-1-2-4-9(7)23(20,21)17-13/h1-6,10H,(H,15,17)(H,16,19). The maximum atomic E-state index is 12.5. The minimum Gasteiger partial charge on any atom is -0.341 e. The molecule has 1 unspecified atom stereocenters. The highest BCUT2D eigenvalue weighted by molar-refractivity contribution is 7.90. The van der Waals surface area contributed by atoms with E-state index in [-0.39, 0.29) is 10.7 Å². The van der Waals surface area contributed by atoms with Gasteiger partial charge in [-0.15, -0.1) is 15.7 Å². The quantitative estimate of drug-likeness (QED) is 0.764. The largest absolute Gasteiger partial charge is 0.341 e. The predicted octanol–water partition coefficient (Wildman–Crippen LogP) is 1.71. The molecule has 0 spiro atoms. The average molecular weight is 347 g/mol. The molecule has 0 radical (unpaired) electrons. The molecular weight excluding hydrogens is 338 g/mol. The Labute approximate surface area is 135 Å². The second-order valence-corrected chi connectivity index (χ2v) is 7.51. The first-order valence-electron chi connectivity index (χ1n) is 6.61. The number of carbonyl (C=O) groups excluding carboxylic acids is 2. The maximum Gasteiger partial charge on any atom is 0.286 e. The van der Waals surface area contributed by atoms with E-state index in [1.54, 1.807) is 29.6 Å².